The van der Waals surface area contributed by atoms with Gasteiger partial charge in [-0.1, -0.05) is 24.3 Å². The van der Waals surface area contributed by atoms with Crippen molar-refractivity contribution in [2.45, 2.75) is 30.4 Å². The third kappa shape index (κ3) is 5.38. The molecule has 29 heavy (non-hydrogen) atoms. The molecule has 2 aromatic rings. The molecule has 1 N–H and O–H groups in total. The predicted molar refractivity (Wildman–Crippen MR) is 114 cm³/mol. The SMILES string of the molecule is Cc1ccc(S(=O)(=O)N2CCCC2)cc1C(=O)NCCSCc1ccccc1F. The van der Waals surface area contributed by atoms with E-state index < -0.39 is 10.0 Å². The molecular formula is C21H25FN2O3S2. The summed E-state index contributed by atoms with van der Waals surface area (Å²) < 4.78 is 40.6. The molecule has 1 fully saturated rings. The van der Waals surface area contributed by atoms with Gasteiger partial charge in [-0.3, -0.25) is 4.79 Å². The molecule has 5 nitrogen and oxygen atoms in total. The lowest BCUT2D eigenvalue weighted by molar-refractivity contribution is 0.0955. The molecule has 1 aliphatic rings. The van der Waals surface area contributed by atoms with Crippen molar-refractivity contribution in [2.75, 3.05) is 25.4 Å². The van der Waals surface area contributed by atoms with Crippen molar-refractivity contribution in [3.63, 3.8) is 0 Å². The topological polar surface area (TPSA) is 66.5 Å². The second-order valence-electron chi connectivity index (χ2n) is 6.99. The Balaban J connectivity index is 1.57. The molecule has 1 amide bonds. The molecule has 1 heterocycles. The van der Waals surface area contributed by atoms with Crippen LogP contribution in [0.15, 0.2) is 47.4 Å². The maximum Gasteiger partial charge on any atom is 0.251 e. The number of hydrogen-bond acceptors (Lipinski definition) is 4. The second kappa shape index (κ2) is 9.73. The van der Waals surface area contributed by atoms with Crippen molar-refractivity contribution < 1.29 is 17.6 Å². The summed E-state index contributed by atoms with van der Waals surface area (Å²) in [5.41, 5.74) is 1.73. The standard InChI is InChI=1S/C21H25FN2O3S2/c1-16-8-9-18(29(26,27)24-11-4-5-12-24)14-19(16)21(25)23-10-13-28-15-17-6-2-3-7-20(17)22/h2-3,6-9,14H,4-5,10-13,15H2,1H3,(H,23,25). The normalized spacial score (nSPS) is 14.8. The molecule has 8 heteroatoms. The maximum absolute atomic E-state index is 13.6. The average Bonchev–Trinajstić information content (AvgIpc) is 3.25. The van der Waals surface area contributed by atoms with Crippen LogP contribution in [0.3, 0.4) is 0 Å². The lowest BCUT2D eigenvalue weighted by atomic mass is 10.1. The van der Waals surface area contributed by atoms with Crippen molar-refractivity contribution in [3.05, 3.63) is 65.0 Å². The molecule has 0 radical (unpaired) electrons. The Morgan fingerprint density at radius 3 is 2.62 bits per heavy atom. The highest BCUT2D eigenvalue weighted by atomic mass is 32.2. The molecule has 0 spiro atoms. The van der Waals surface area contributed by atoms with Gasteiger partial charge in [0.1, 0.15) is 5.82 Å². The first-order valence-corrected chi connectivity index (χ1v) is 12.2. The minimum absolute atomic E-state index is 0.157. The highest BCUT2D eigenvalue weighted by Gasteiger charge is 2.28. The highest BCUT2D eigenvalue weighted by Crippen LogP contribution is 2.23. The highest BCUT2D eigenvalue weighted by molar-refractivity contribution is 7.98. The number of sulfonamides is 1. The molecule has 0 unspecified atom stereocenters. The van der Waals surface area contributed by atoms with Crippen LogP contribution in [0.5, 0.6) is 0 Å². The molecule has 0 aromatic heterocycles. The number of nitrogens with zero attached hydrogens (tertiary/aromatic N) is 1. The van der Waals surface area contributed by atoms with E-state index in [1.807, 2.05) is 0 Å². The molecule has 0 atom stereocenters. The van der Waals surface area contributed by atoms with Gasteiger partial charge in [0.2, 0.25) is 10.0 Å². The Morgan fingerprint density at radius 1 is 1.17 bits per heavy atom. The van der Waals surface area contributed by atoms with Crippen molar-refractivity contribution in [2.24, 2.45) is 0 Å². The Morgan fingerprint density at radius 2 is 1.90 bits per heavy atom. The van der Waals surface area contributed by atoms with Gasteiger partial charge in [-0.25, -0.2) is 12.8 Å². The van der Waals surface area contributed by atoms with Crippen molar-refractivity contribution in [1.29, 1.82) is 0 Å². The Bertz CT molecular complexity index is 974. The molecule has 3 rings (SSSR count). The third-order valence-electron chi connectivity index (χ3n) is 4.90. The Kier molecular flexibility index (Phi) is 7.32. The van der Waals surface area contributed by atoms with Crippen molar-refractivity contribution in [3.8, 4) is 0 Å². The van der Waals surface area contributed by atoms with Gasteiger partial charge in [-0.2, -0.15) is 16.1 Å². The lowest BCUT2D eigenvalue weighted by Crippen LogP contribution is -2.29. The number of hydrogen-bond donors (Lipinski definition) is 1. The summed E-state index contributed by atoms with van der Waals surface area (Å²) in [6, 6.07) is 11.3. The van der Waals surface area contributed by atoms with Gasteiger partial charge in [0.05, 0.1) is 4.90 Å². The van der Waals surface area contributed by atoms with Gasteiger partial charge in [-0.15, -0.1) is 0 Å². The van der Waals surface area contributed by atoms with E-state index in [0.29, 0.717) is 42.3 Å². The fourth-order valence-electron chi connectivity index (χ4n) is 3.21. The summed E-state index contributed by atoms with van der Waals surface area (Å²) >= 11 is 1.53. The molecule has 0 bridgehead atoms. The summed E-state index contributed by atoms with van der Waals surface area (Å²) in [5.74, 6) is 0.638. The number of rotatable bonds is 8. The van der Waals surface area contributed by atoms with E-state index in [1.54, 1.807) is 37.3 Å². The predicted octanol–water partition coefficient (Wildman–Crippen LogP) is 3.58. The monoisotopic (exact) mass is 436 g/mol. The van der Waals surface area contributed by atoms with E-state index in [0.717, 1.165) is 18.4 Å². The number of amides is 1. The molecule has 0 saturated carbocycles. The lowest BCUT2D eigenvalue weighted by Gasteiger charge is -2.17. The number of nitrogens with one attached hydrogen (secondary N) is 1. The zero-order valence-corrected chi connectivity index (χ0v) is 18.0. The van der Waals surface area contributed by atoms with E-state index in [-0.39, 0.29) is 16.6 Å². The van der Waals surface area contributed by atoms with Crippen LogP contribution in [0, 0.1) is 12.7 Å². The molecule has 156 valence electrons. The Hall–Kier alpha value is -1.90. The maximum atomic E-state index is 13.6. The van der Waals surface area contributed by atoms with Crippen LogP contribution < -0.4 is 5.32 Å². The van der Waals surface area contributed by atoms with Crippen LogP contribution in [0.1, 0.15) is 34.3 Å². The molecule has 1 aliphatic heterocycles. The van der Waals surface area contributed by atoms with Gasteiger partial charge in [0, 0.05) is 36.7 Å². The van der Waals surface area contributed by atoms with Crippen molar-refractivity contribution >= 4 is 27.7 Å². The third-order valence-corrected chi connectivity index (χ3v) is 7.81. The van der Waals surface area contributed by atoms with Gasteiger partial charge < -0.3 is 5.32 Å². The number of benzene rings is 2. The number of aryl methyl sites for hydroxylation is 1. The molecule has 1 saturated heterocycles. The number of thioether (sulfide) groups is 1. The summed E-state index contributed by atoms with van der Waals surface area (Å²) in [7, 11) is -3.56. The summed E-state index contributed by atoms with van der Waals surface area (Å²) in [6.07, 6.45) is 1.73. The average molecular weight is 437 g/mol. The van der Waals surface area contributed by atoms with E-state index in [9.17, 15) is 17.6 Å². The summed E-state index contributed by atoms with van der Waals surface area (Å²) in [4.78, 5) is 12.7. The van der Waals surface area contributed by atoms with Crippen LogP contribution in [0.25, 0.3) is 0 Å². The van der Waals surface area contributed by atoms with Crippen LogP contribution in [0.4, 0.5) is 4.39 Å². The number of carbonyl (C=O) groups is 1. The number of carbonyl (C=O) groups excluding carboxylic acids is 1. The van der Waals surface area contributed by atoms with E-state index in [4.69, 9.17) is 0 Å². The first-order chi connectivity index (χ1) is 13.9. The fraction of sp³-hybridized carbons (Fsp3) is 0.381. The van der Waals surface area contributed by atoms with E-state index in [2.05, 4.69) is 5.32 Å². The molecular weight excluding hydrogens is 411 g/mol. The zero-order valence-electron chi connectivity index (χ0n) is 16.4. The molecule has 2 aromatic carbocycles. The van der Waals surface area contributed by atoms with Crippen LogP contribution >= 0.6 is 11.8 Å². The molecule has 0 aliphatic carbocycles. The Labute approximate surface area is 175 Å². The fourth-order valence-corrected chi connectivity index (χ4v) is 5.60. The van der Waals surface area contributed by atoms with Crippen molar-refractivity contribution in [1.82, 2.24) is 9.62 Å². The van der Waals surface area contributed by atoms with Gasteiger partial charge in [0.25, 0.3) is 5.91 Å². The summed E-state index contributed by atoms with van der Waals surface area (Å²) in [5, 5.41) is 2.83. The van der Waals surface area contributed by atoms with Crippen LogP contribution in [-0.2, 0) is 15.8 Å². The first kappa shape index (κ1) is 21.8. The van der Waals surface area contributed by atoms with Gasteiger partial charge in [-0.05, 0) is 49.1 Å². The first-order valence-electron chi connectivity index (χ1n) is 9.60. The van der Waals surface area contributed by atoms with E-state index >= 15 is 0 Å². The minimum atomic E-state index is -3.56. The number of halogens is 1. The van der Waals surface area contributed by atoms with Gasteiger partial charge in [0.15, 0.2) is 0 Å². The van der Waals surface area contributed by atoms with E-state index in [1.165, 1.54) is 28.2 Å². The van der Waals surface area contributed by atoms with Gasteiger partial charge >= 0.3 is 0 Å². The second-order valence-corrected chi connectivity index (χ2v) is 10.0. The van der Waals surface area contributed by atoms with Crippen LogP contribution in [-0.4, -0.2) is 44.0 Å². The smallest absolute Gasteiger partial charge is 0.251 e. The minimum Gasteiger partial charge on any atom is -0.351 e. The zero-order chi connectivity index (χ0) is 20.9. The summed E-state index contributed by atoms with van der Waals surface area (Å²) in [6.45, 7) is 3.25. The quantitative estimate of drug-likeness (QED) is 0.643. The largest absolute Gasteiger partial charge is 0.351 e. The van der Waals surface area contributed by atoms with Crippen LogP contribution in [0.2, 0.25) is 0 Å².